The van der Waals surface area contributed by atoms with Gasteiger partial charge >= 0.3 is 0 Å². The molecule has 158 valence electrons. The van der Waals surface area contributed by atoms with Gasteiger partial charge in [0.25, 0.3) is 0 Å². The molecule has 1 heterocycles. The van der Waals surface area contributed by atoms with Crippen LogP contribution in [0.2, 0.25) is 5.02 Å². The largest absolute Gasteiger partial charge is 0.497 e. The van der Waals surface area contributed by atoms with Crippen LogP contribution >= 0.6 is 23.4 Å². The van der Waals surface area contributed by atoms with Gasteiger partial charge in [-0.1, -0.05) is 16.8 Å². The number of ether oxygens (including phenoxy) is 2. The number of rotatable bonds is 8. The van der Waals surface area contributed by atoms with Crippen LogP contribution in [0.25, 0.3) is 11.4 Å². The zero-order chi connectivity index (χ0) is 21.7. The molecule has 0 radical (unpaired) electrons. The molecular formula is C21H22ClN3O4S. The van der Waals surface area contributed by atoms with Gasteiger partial charge in [0.2, 0.25) is 17.6 Å². The summed E-state index contributed by atoms with van der Waals surface area (Å²) in [6.45, 7) is 2.06. The summed E-state index contributed by atoms with van der Waals surface area (Å²) in [6.07, 6.45) is 0. The van der Waals surface area contributed by atoms with E-state index >= 15 is 0 Å². The highest BCUT2D eigenvalue weighted by atomic mass is 35.5. The van der Waals surface area contributed by atoms with Crippen LogP contribution in [0, 0.1) is 0 Å². The second kappa shape index (κ2) is 9.86. The second-order valence-corrected chi connectivity index (χ2v) is 8.34. The van der Waals surface area contributed by atoms with Gasteiger partial charge in [-0.2, -0.15) is 4.98 Å². The fraction of sp³-hybridized carbons (Fsp3) is 0.286. The number of hydrogen-bond acceptors (Lipinski definition) is 7. The predicted molar refractivity (Wildman–Crippen MR) is 116 cm³/mol. The summed E-state index contributed by atoms with van der Waals surface area (Å²) in [7, 11) is 4.85. The molecule has 0 aliphatic heterocycles. The van der Waals surface area contributed by atoms with Gasteiger partial charge in [-0.15, -0.1) is 11.8 Å². The number of hydrogen-bond donors (Lipinski definition) is 0. The molecule has 3 aromatic rings. The Morgan fingerprint density at radius 3 is 2.60 bits per heavy atom. The van der Waals surface area contributed by atoms with Crippen LogP contribution in [0.3, 0.4) is 0 Å². The summed E-state index contributed by atoms with van der Waals surface area (Å²) in [6, 6.07) is 12.7. The summed E-state index contributed by atoms with van der Waals surface area (Å²) in [5.41, 5.74) is 0.675. The van der Waals surface area contributed by atoms with Crippen molar-refractivity contribution in [2.75, 3.05) is 21.3 Å². The van der Waals surface area contributed by atoms with Gasteiger partial charge in [-0.05, 0) is 43.3 Å². The first-order chi connectivity index (χ1) is 14.4. The number of thioether (sulfide) groups is 1. The normalized spacial score (nSPS) is 11.8. The first kappa shape index (κ1) is 22.0. The monoisotopic (exact) mass is 447 g/mol. The molecule has 0 unspecified atom stereocenters. The van der Waals surface area contributed by atoms with E-state index < -0.39 is 0 Å². The van der Waals surface area contributed by atoms with E-state index in [2.05, 4.69) is 10.1 Å². The molecule has 0 saturated carbocycles. The Morgan fingerprint density at radius 1 is 1.20 bits per heavy atom. The Balaban J connectivity index is 1.66. The highest BCUT2D eigenvalue weighted by molar-refractivity contribution is 8.00. The maximum Gasteiger partial charge on any atom is 0.246 e. The summed E-state index contributed by atoms with van der Waals surface area (Å²) in [4.78, 5) is 19.7. The van der Waals surface area contributed by atoms with E-state index in [1.165, 1.54) is 11.8 Å². The Kier molecular flexibility index (Phi) is 7.23. The van der Waals surface area contributed by atoms with E-state index in [0.717, 1.165) is 4.90 Å². The molecule has 0 N–H and O–H groups in total. The van der Waals surface area contributed by atoms with Gasteiger partial charge in [0.05, 0.1) is 31.6 Å². The molecule has 7 nitrogen and oxygen atoms in total. The number of carbonyl (C=O) groups excluding carboxylic acids is 1. The van der Waals surface area contributed by atoms with Gasteiger partial charge in [-0.25, -0.2) is 0 Å². The SMILES string of the molecule is COc1ccc(-c2noc(CN(C)C(=O)[C@@H](C)Sc3ccc(Cl)cc3)n2)c(OC)c1. The summed E-state index contributed by atoms with van der Waals surface area (Å²) in [5, 5.41) is 4.41. The minimum absolute atomic E-state index is 0.0447. The van der Waals surface area contributed by atoms with Gasteiger partial charge in [-0.3, -0.25) is 4.79 Å². The van der Waals surface area contributed by atoms with Crippen molar-refractivity contribution in [1.29, 1.82) is 0 Å². The molecular weight excluding hydrogens is 426 g/mol. The van der Waals surface area contributed by atoms with Crippen molar-refractivity contribution < 1.29 is 18.8 Å². The van der Waals surface area contributed by atoms with E-state index in [1.807, 2.05) is 19.1 Å². The van der Waals surface area contributed by atoms with Crippen LogP contribution < -0.4 is 9.47 Å². The molecule has 0 bridgehead atoms. The zero-order valence-electron chi connectivity index (χ0n) is 17.1. The lowest BCUT2D eigenvalue weighted by molar-refractivity contribution is -0.129. The quantitative estimate of drug-likeness (QED) is 0.469. The Bertz CT molecular complexity index is 1010. The average Bonchev–Trinajstić information content (AvgIpc) is 3.22. The van der Waals surface area contributed by atoms with Crippen molar-refractivity contribution in [2.45, 2.75) is 23.6 Å². The molecule has 9 heteroatoms. The highest BCUT2D eigenvalue weighted by Crippen LogP contribution is 2.32. The number of amides is 1. The molecule has 3 rings (SSSR count). The number of aromatic nitrogens is 2. The second-order valence-electron chi connectivity index (χ2n) is 6.49. The Morgan fingerprint density at radius 2 is 1.93 bits per heavy atom. The fourth-order valence-corrected chi connectivity index (χ4v) is 3.88. The van der Waals surface area contributed by atoms with Gasteiger partial charge in [0, 0.05) is 23.0 Å². The van der Waals surface area contributed by atoms with Crippen molar-refractivity contribution in [1.82, 2.24) is 15.0 Å². The molecule has 2 aromatic carbocycles. The third-order valence-corrected chi connectivity index (χ3v) is 5.69. The van der Waals surface area contributed by atoms with Gasteiger partial charge in [0.15, 0.2) is 0 Å². The molecule has 0 saturated heterocycles. The number of methoxy groups -OCH3 is 2. The van der Waals surface area contributed by atoms with Crippen molar-refractivity contribution in [3.8, 4) is 22.9 Å². The summed E-state index contributed by atoms with van der Waals surface area (Å²) < 4.78 is 15.9. The lowest BCUT2D eigenvalue weighted by Crippen LogP contribution is -2.32. The Hall–Kier alpha value is -2.71. The molecule has 1 aromatic heterocycles. The first-order valence-corrected chi connectivity index (χ1v) is 10.4. The maximum atomic E-state index is 12.7. The molecule has 1 atom stereocenters. The molecule has 0 fully saturated rings. The van der Waals surface area contributed by atoms with Crippen LogP contribution in [0.4, 0.5) is 0 Å². The average molecular weight is 448 g/mol. The first-order valence-electron chi connectivity index (χ1n) is 9.13. The van der Waals surface area contributed by atoms with Crippen LogP contribution in [-0.4, -0.2) is 47.5 Å². The standard InChI is InChI=1S/C21H22ClN3O4S/c1-13(30-16-8-5-14(22)6-9-16)21(26)25(2)12-19-23-20(24-29-19)17-10-7-15(27-3)11-18(17)28-4/h5-11,13H,12H2,1-4H3/t13-/m1/s1. The highest BCUT2D eigenvalue weighted by Gasteiger charge is 2.21. The predicted octanol–water partition coefficient (Wildman–Crippen LogP) is 4.55. The Labute approximate surface area is 184 Å². The number of nitrogens with zero attached hydrogens (tertiary/aromatic N) is 3. The maximum absolute atomic E-state index is 12.7. The summed E-state index contributed by atoms with van der Waals surface area (Å²) in [5.74, 6) is 1.91. The lowest BCUT2D eigenvalue weighted by Gasteiger charge is -2.19. The van der Waals surface area contributed by atoms with Crippen molar-refractivity contribution in [2.24, 2.45) is 0 Å². The zero-order valence-corrected chi connectivity index (χ0v) is 18.7. The van der Waals surface area contributed by atoms with Crippen molar-refractivity contribution >= 4 is 29.3 Å². The van der Waals surface area contributed by atoms with Gasteiger partial charge in [0.1, 0.15) is 11.5 Å². The van der Waals surface area contributed by atoms with E-state index in [9.17, 15) is 4.79 Å². The molecule has 0 spiro atoms. The minimum atomic E-state index is -0.278. The van der Waals surface area contributed by atoms with E-state index in [4.69, 9.17) is 25.6 Å². The lowest BCUT2D eigenvalue weighted by atomic mass is 10.2. The van der Waals surface area contributed by atoms with Crippen molar-refractivity contribution in [3.05, 3.63) is 53.4 Å². The smallest absolute Gasteiger partial charge is 0.246 e. The molecule has 0 aliphatic carbocycles. The third-order valence-electron chi connectivity index (χ3n) is 4.34. The number of carbonyl (C=O) groups is 1. The van der Waals surface area contributed by atoms with Crippen LogP contribution in [0.1, 0.15) is 12.8 Å². The minimum Gasteiger partial charge on any atom is -0.497 e. The van der Waals surface area contributed by atoms with E-state index in [1.54, 1.807) is 56.5 Å². The number of halogens is 1. The fourth-order valence-electron chi connectivity index (χ4n) is 2.77. The molecule has 1 amide bonds. The molecule has 30 heavy (non-hydrogen) atoms. The van der Waals surface area contributed by atoms with Crippen LogP contribution in [0.5, 0.6) is 11.5 Å². The van der Waals surface area contributed by atoms with Gasteiger partial charge < -0.3 is 18.9 Å². The van der Waals surface area contributed by atoms with Crippen molar-refractivity contribution in [3.63, 3.8) is 0 Å². The molecule has 0 aliphatic rings. The van der Waals surface area contributed by atoms with Crippen LogP contribution in [-0.2, 0) is 11.3 Å². The van der Waals surface area contributed by atoms with Crippen LogP contribution in [0.15, 0.2) is 51.9 Å². The third kappa shape index (κ3) is 5.25. The summed E-state index contributed by atoms with van der Waals surface area (Å²) >= 11 is 7.37. The van der Waals surface area contributed by atoms with E-state index in [0.29, 0.717) is 33.8 Å². The topological polar surface area (TPSA) is 77.7 Å². The number of benzene rings is 2. The van der Waals surface area contributed by atoms with E-state index in [-0.39, 0.29) is 17.7 Å².